The minimum absolute atomic E-state index is 0.0564. The summed E-state index contributed by atoms with van der Waals surface area (Å²) in [5, 5.41) is 4.13. The second-order valence-corrected chi connectivity index (χ2v) is 7.89. The van der Waals surface area contributed by atoms with Crippen molar-refractivity contribution in [3.05, 3.63) is 36.2 Å². The number of nitrogens with zero attached hydrogens (tertiary/aromatic N) is 3. The van der Waals surface area contributed by atoms with Gasteiger partial charge in [0, 0.05) is 18.4 Å². The van der Waals surface area contributed by atoms with E-state index in [-0.39, 0.29) is 34.7 Å². The number of aldehydes is 1. The molecule has 1 aromatic heterocycles. The molecule has 0 fully saturated rings. The van der Waals surface area contributed by atoms with Gasteiger partial charge in [-0.25, -0.2) is 24.2 Å². The summed E-state index contributed by atoms with van der Waals surface area (Å²) in [5.41, 5.74) is 5.70. The number of nitrogens with two attached hydrogens (primary N) is 2. The lowest BCUT2D eigenvalue weighted by atomic mass is 10.2. The van der Waals surface area contributed by atoms with Crippen LogP contribution in [0.4, 0.5) is 17.3 Å². The van der Waals surface area contributed by atoms with Gasteiger partial charge in [0.2, 0.25) is 0 Å². The molecule has 1 heterocycles. The molecule has 0 aliphatic heterocycles. The summed E-state index contributed by atoms with van der Waals surface area (Å²) in [4.78, 5) is 30.7. The van der Waals surface area contributed by atoms with Crippen LogP contribution in [0, 0.1) is 0 Å². The Morgan fingerprint density at radius 3 is 2.48 bits per heavy atom. The first-order valence-corrected chi connectivity index (χ1v) is 9.74. The standard InChI is InChI=1S/C16H20N6O4S/c1-10(7-8-23)22(18)13-9-19-14(15(17)24)16(21-13)20-11-3-5-12(6-4-11)27(2,25)26/h3-6,8-10H,7,18H2,1-2H3,(H2,17,24)(H,20,21). The average molecular weight is 392 g/mol. The Hall–Kier alpha value is -3.05. The number of sulfone groups is 1. The minimum atomic E-state index is -3.33. The molecule has 27 heavy (non-hydrogen) atoms. The van der Waals surface area contributed by atoms with Crippen molar-refractivity contribution in [2.45, 2.75) is 24.3 Å². The van der Waals surface area contributed by atoms with Crippen molar-refractivity contribution in [3.8, 4) is 0 Å². The zero-order valence-corrected chi connectivity index (χ0v) is 15.6. The van der Waals surface area contributed by atoms with Gasteiger partial charge in [0.1, 0.15) is 6.29 Å². The van der Waals surface area contributed by atoms with Crippen molar-refractivity contribution < 1.29 is 18.0 Å². The van der Waals surface area contributed by atoms with Crippen LogP contribution in [0.3, 0.4) is 0 Å². The van der Waals surface area contributed by atoms with Gasteiger partial charge < -0.3 is 15.8 Å². The molecule has 1 amide bonds. The number of carbonyl (C=O) groups excluding carboxylic acids is 2. The predicted molar refractivity (Wildman–Crippen MR) is 100 cm³/mol. The van der Waals surface area contributed by atoms with Crippen LogP contribution < -0.4 is 21.9 Å². The van der Waals surface area contributed by atoms with E-state index in [1.807, 2.05) is 0 Å². The molecule has 5 N–H and O–H groups in total. The van der Waals surface area contributed by atoms with E-state index in [2.05, 4.69) is 15.3 Å². The molecule has 0 bridgehead atoms. The Labute approximate surface area is 156 Å². The van der Waals surface area contributed by atoms with Crippen LogP contribution in [-0.2, 0) is 14.6 Å². The molecule has 10 nitrogen and oxygen atoms in total. The fourth-order valence-corrected chi connectivity index (χ4v) is 2.80. The van der Waals surface area contributed by atoms with Gasteiger partial charge in [0.25, 0.3) is 5.91 Å². The summed E-state index contributed by atoms with van der Waals surface area (Å²) in [7, 11) is -3.33. The second kappa shape index (κ2) is 8.10. The largest absolute Gasteiger partial charge is 0.364 e. The molecule has 2 rings (SSSR count). The third-order valence-corrected chi connectivity index (χ3v) is 4.84. The van der Waals surface area contributed by atoms with Gasteiger partial charge in [-0.1, -0.05) is 0 Å². The lowest BCUT2D eigenvalue weighted by molar-refractivity contribution is -0.108. The van der Waals surface area contributed by atoms with E-state index in [9.17, 15) is 18.0 Å². The quantitative estimate of drug-likeness (QED) is 0.327. The third-order valence-electron chi connectivity index (χ3n) is 3.72. The first-order chi connectivity index (χ1) is 12.6. The molecule has 1 aromatic carbocycles. The van der Waals surface area contributed by atoms with E-state index in [0.29, 0.717) is 5.69 Å². The number of carbonyl (C=O) groups is 2. The summed E-state index contributed by atoms with van der Waals surface area (Å²) in [6, 6.07) is 5.54. The molecule has 1 atom stereocenters. The molecular formula is C16H20N6O4S. The van der Waals surface area contributed by atoms with E-state index in [1.165, 1.54) is 35.5 Å². The molecular weight excluding hydrogens is 372 g/mol. The van der Waals surface area contributed by atoms with Gasteiger partial charge >= 0.3 is 0 Å². The zero-order chi connectivity index (χ0) is 20.2. The van der Waals surface area contributed by atoms with Crippen LogP contribution in [0.25, 0.3) is 0 Å². The summed E-state index contributed by atoms with van der Waals surface area (Å²) in [6.07, 6.45) is 3.30. The number of aromatic nitrogens is 2. The molecule has 11 heteroatoms. The molecule has 0 spiro atoms. The number of hydrogen-bond acceptors (Lipinski definition) is 9. The first-order valence-electron chi connectivity index (χ1n) is 7.85. The van der Waals surface area contributed by atoms with E-state index in [4.69, 9.17) is 11.6 Å². The van der Waals surface area contributed by atoms with Gasteiger partial charge in [-0.15, -0.1) is 0 Å². The lowest BCUT2D eigenvalue weighted by Crippen LogP contribution is -2.40. The number of primary amides is 1. The molecule has 0 saturated carbocycles. The Balaban J connectivity index is 2.37. The highest BCUT2D eigenvalue weighted by molar-refractivity contribution is 7.90. The fourth-order valence-electron chi connectivity index (χ4n) is 2.17. The summed E-state index contributed by atoms with van der Waals surface area (Å²) in [5.74, 6) is 5.43. The minimum Gasteiger partial charge on any atom is -0.364 e. The Kier molecular flexibility index (Phi) is 6.08. The van der Waals surface area contributed by atoms with Gasteiger partial charge in [-0.2, -0.15) is 0 Å². The van der Waals surface area contributed by atoms with Crippen LogP contribution >= 0.6 is 0 Å². The van der Waals surface area contributed by atoms with Gasteiger partial charge in [0.05, 0.1) is 17.1 Å². The normalized spacial score (nSPS) is 12.3. The summed E-state index contributed by atoms with van der Waals surface area (Å²) >= 11 is 0. The number of nitrogens with one attached hydrogen (secondary N) is 1. The van der Waals surface area contributed by atoms with Crippen molar-refractivity contribution in [2.75, 3.05) is 16.6 Å². The zero-order valence-electron chi connectivity index (χ0n) is 14.8. The fraction of sp³-hybridized carbons (Fsp3) is 0.250. The Bertz CT molecular complexity index is 946. The third kappa shape index (κ3) is 4.99. The average Bonchev–Trinajstić information content (AvgIpc) is 2.60. The van der Waals surface area contributed by atoms with E-state index >= 15 is 0 Å². The van der Waals surface area contributed by atoms with Crippen LogP contribution in [0.1, 0.15) is 23.8 Å². The highest BCUT2D eigenvalue weighted by atomic mass is 32.2. The van der Waals surface area contributed by atoms with Crippen LogP contribution in [0.15, 0.2) is 35.4 Å². The Morgan fingerprint density at radius 2 is 1.96 bits per heavy atom. The highest BCUT2D eigenvalue weighted by Crippen LogP contribution is 2.22. The maximum atomic E-state index is 11.6. The van der Waals surface area contributed by atoms with Gasteiger partial charge in [0.15, 0.2) is 27.2 Å². The number of amides is 1. The Morgan fingerprint density at radius 1 is 1.33 bits per heavy atom. The van der Waals surface area contributed by atoms with E-state index in [0.717, 1.165) is 12.5 Å². The topological polar surface area (TPSA) is 161 Å². The summed E-state index contributed by atoms with van der Waals surface area (Å²) < 4.78 is 23.1. The maximum absolute atomic E-state index is 11.6. The van der Waals surface area contributed by atoms with Crippen molar-refractivity contribution in [1.82, 2.24) is 9.97 Å². The van der Waals surface area contributed by atoms with Crippen LogP contribution in [0.2, 0.25) is 0 Å². The molecule has 0 aliphatic rings. The number of rotatable bonds is 8. The lowest BCUT2D eigenvalue weighted by Gasteiger charge is -2.24. The number of hydrazine groups is 1. The SMILES string of the molecule is CC(CC=O)N(N)c1cnc(C(N)=O)c(Nc2ccc(S(C)(=O)=O)cc2)n1. The van der Waals surface area contributed by atoms with Gasteiger partial charge in [-0.3, -0.25) is 9.80 Å². The van der Waals surface area contributed by atoms with Gasteiger partial charge in [-0.05, 0) is 31.2 Å². The van der Waals surface area contributed by atoms with Crippen molar-refractivity contribution in [2.24, 2.45) is 11.6 Å². The van der Waals surface area contributed by atoms with E-state index < -0.39 is 15.7 Å². The number of benzene rings is 1. The van der Waals surface area contributed by atoms with Crippen molar-refractivity contribution in [3.63, 3.8) is 0 Å². The number of anilines is 3. The van der Waals surface area contributed by atoms with Crippen LogP contribution in [0.5, 0.6) is 0 Å². The van der Waals surface area contributed by atoms with Crippen molar-refractivity contribution in [1.29, 1.82) is 0 Å². The van der Waals surface area contributed by atoms with Crippen LogP contribution in [-0.4, -0.2) is 42.9 Å². The molecule has 2 aromatic rings. The maximum Gasteiger partial charge on any atom is 0.271 e. The summed E-state index contributed by atoms with van der Waals surface area (Å²) in [6.45, 7) is 1.73. The molecule has 0 aliphatic carbocycles. The molecule has 0 radical (unpaired) electrons. The number of hydrogen-bond donors (Lipinski definition) is 3. The van der Waals surface area contributed by atoms with Crippen molar-refractivity contribution >= 4 is 39.4 Å². The first kappa shape index (κ1) is 20.3. The van der Waals surface area contributed by atoms with E-state index in [1.54, 1.807) is 6.92 Å². The predicted octanol–water partition coefficient (Wildman–Crippen LogP) is 0.380. The molecule has 1 unspecified atom stereocenters. The molecule has 144 valence electrons. The highest BCUT2D eigenvalue weighted by Gasteiger charge is 2.18. The smallest absolute Gasteiger partial charge is 0.271 e. The molecule has 0 saturated heterocycles. The second-order valence-electron chi connectivity index (χ2n) is 5.87. The monoisotopic (exact) mass is 392 g/mol.